The van der Waals surface area contributed by atoms with Crippen LogP contribution >= 0.6 is 52.0 Å². The number of aromatic hydroxyl groups is 8. The van der Waals surface area contributed by atoms with Crippen LogP contribution in [-0.2, 0) is 6.54 Å². The Labute approximate surface area is 314 Å². The van der Waals surface area contributed by atoms with E-state index in [0.717, 1.165) is 0 Å². The minimum Gasteiger partial charge on any atom is -0.508 e. The van der Waals surface area contributed by atoms with Crippen LogP contribution in [-0.4, -0.2) is 50.8 Å². The van der Waals surface area contributed by atoms with Crippen LogP contribution in [0.2, 0.25) is 5.02 Å². The average molecular weight is 806 g/mol. The van der Waals surface area contributed by atoms with Crippen molar-refractivity contribution in [1.82, 2.24) is 10.6 Å². The molecule has 0 saturated heterocycles. The molecule has 266 valence electrons. The van der Waals surface area contributed by atoms with E-state index in [2.05, 4.69) is 26.6 Å². The summed E-state index contributed by atoms with van der Waals surface area (Å²) >= 11 is 19.6. The number of rotatable bonds is 8. The van der Waals surface area contributed by atoms with E-state index in [1.165, 1.54) is 12.1 Å². The van der Waals surface area contributed by atoms with Crippen molar-refractivity contribution in [2.24, 2.45) is 0 Å². The van der Waals surface area contributed by atoms with E-state index in [1.54, 1.807) is 74.5 Å². The predicted molar refractivity (Wildman–Crippen MR) is 210 cm³/mol. The molecule has 0 aliphatic rings. The summed E-state index contributed by atoms with van der Waals surface area (Å²) in [5.41, 5.74) is 3.37. The van der Waals surface area contributed by atoms with Gasteiger partial charge in [0.15, 0.2) is 23.0 Å². The highest BCUT2D eigenvalue weighted by atomic mass is 79.9. The number of nitrogens with one attached hydrogen (secondary N) is 2. The summed E-state index contributed by atoms with van der Waals surface area (Å²) in [5.74, 6) is -1.06. The quantitative estimate of drug-likeness (QED) is 0.0466. The van der Waals surface area contributed by atoms with Crippen LogP contribution in [0.3, 0.4) is 0 Å². The molecule has 14 heteroatoms. The van der Waals surface area contributed by atoms with Crippen LogP contribution in [0.4, 0.5) is 0 Å². The smallest absolute Gasteiger partial charge is 0.177 e. The highest BCUT2D eigenvalue weighted by Gasteiger charge is 2.13. The number of phenols is 8. The predicted octanol–water partition coefficient (Wildman–Crippen LogP) is 8.51. The third kappa shape index (κ3) is 10.9. The first-order chi connectivity index (χ1) is 23.0. The molecule has 0 aliphatic heterocycles. The van der Waals surface area contributed by atoms with Gasteiger partial charge in [-0.1, -0.05) is 55.6 Å². The first-order valence-corrected chi connectivity index (χ1v) is 16.4. The number of phenolic OH excluding ortho intramolecular Hbond substituents is 8. The summed E-state index contributed by atoms with van der Waals surface area (Å²) < 4.78 is 0.368. The lowest BCUT2D eigenvalue weighted by Crippen LogP contribution is -2.23. The highest BCUT2D eigenvalue weighted by molar-refractivity contribution is 9.10. The van der Waals surface area contributed by atoms with E-state index in [4.69, 9.17) is 36.0 Å². The van der Waals surface area contributed by atoms with Gasteiger partial charge in [0, 0.05) is 23.7 Å². The molecule has 50 heavy (non-hydrogen) atoms. The maximum absolute atomic E-state index is 9.81. The fraction of sp³-hybridized carbons (Fsp3) is 0.167. The van der Waals surface area contributed by atoms with E-state index in [9.17, 15) is 40.9 Å². The standard InChI is InChI=1S/C18H18BrNO4S.C17H16ClNO4S.CH4/c1-9-14(22)7-12(8-15(9)23)10(2)20-16(25)6-4-11-3-5-13(21)18(24)17(11)19;1-9-13(21)6-10(7-14(9)22)8-19-15(24)5-3-11-2-4-12(20)17(23)16(11)18;/h3-8,10,21-24H,1-2H3,(H,20,25);2-7,20-23H,8H2,1H3,(H,19,24);1H4/b6-4+;5-3+;. The second-order valence-electron chi connectivity index (χ2n) is 10.7. The van der Waals surface area contributed by atoms with Gasteiger partial charge in [-0.2, -0.15) is 0 Å². The van der Waals surface area contributed by atoms with Crippen LogP contribution in [0.5, 0.6) is 46.0 Å². The molecule has 0 saturated carbocycles. The summed E-state index contributed by atoms with van der Waals surface area (Å²) in [4.78, 5) is 0.838. The van der Waals surface area contributed by atoms with Crippen molar-refractivity contribution in [1.29, 1.82) is 0 Å². The molecule has 1 unspecified atom stereocenters. The molecule has 4 aromatic carbocycles. The third-order valence-electron chi connectivity index (χ3n) is 7.19. The van der Waals surface area contributed by atoms with Crippen molar-refractivity contribution in [2.75, 3.05) is 0 Å². The SMILES string of the molecule is C.Cc1c(O)cc(C(C)NC(=S)/C=C/c2ccc(O)c(O)c2Br)cc1O.Cc1c(O)cc(CNC(=S)/C=C/c2ccc(O)c(O)c2Cl)cc1O. The maximum atomic E-state index is 9.81. The van der Waals surface area contributed by atoms with Crippen LogP contribution in [0.25, 0.3) is 12.2 Å². The van der Waals surface area contributed by atoms with Crippen LogP contribution in [0, 0.1) is 13.8 Å². The molecular weight excluding hydrogens is 768 g/mol. The third-order valence-corrected chi connectivity index (χ3v) is 8.96. The zero-order chi connectivity index (χ0) is 36.6. The lowest BCUT2D eigenvalue weighted by Gasteiger charge is -2.16. The number of hydrogen-bond acceptors (Lipinski definition) is 10. The Morgan fingerprint density at radius 3 is 1.74 bits per heavy atom. The van der Waals surface area contributed by atoms with Gasteiger partial charge in [-0.05, 0) is 120 Å². The van der Waals surface area contributed by atoms with Gasteiger partial charge in [0.1, 0.15) is 23.0 Å². The average Bonchev–Trinajstić information content (AvgIpc) is 3.05. The Bertz CT molecular complexity index is 1910. The molecule has 10 N–H and O–H groups in total. The first kappa shape index (κ1) is 41.5. The number of benzene rings is 4. The lowest BCUT2D eigenvalue weighted by atomic mass is 10.0. The normalized spacial score (nSPS) is 11.4. The Morgan fingerprint density at radius 1 is 0.720 bits per heavy atom. The fourth-order valence-corrected chi connectivity index (χ4v) is 5.19. The molecular formula is C36H38BrClN2O8S2. The summed E-state index contributed by atoms with van der Waals surface area (Å²) in [5, 5.41) is 83.1. The Morgan fingerprint density at radius 2 is 1.18 bits per heavy atom. The first-order valence-electron chi connectivity index (χ1n) is 14.4. The molecule has 0 aliphatic carbocycles. The molecule has 4 aromatic rings. The molecule has 0 bridgehead atoms. The molecule has 0 heterocycles. The molecule has 0 spiro atoms. The zero-order valence-electron chi connectivity index (χ0n) is 26.4. The second kappa shape index (κ2) is 18.3. The summed E-state index contributed by atoms with van der Waals surface area (Å²) in [7, 11) is 0. The minimum absolute atomic E-state index is 0. The van der Waals surface area contributed by atoms with Crippen molar-refractivity contribution in [3.8, 4) is 46.0 Å². The van der Waals surface area contributed by atoms with E-state index in [0.29, 0.717) is 54.4 Å². The van der Waals surface area contributed by atoms with Gasteiger partial charge in [-0.15, -0.1) is 0 Å². The number of hydrogen-bond donors (Lipinski definition) is 10. The van der Waals surface area contributed by atoms with Gasteiger partial charge in [0.05, 0.1) is 19.5 Å². The monoisotopic (exact) mass is 804 g/mol. The fourth-order valence-electron chi connectivity index (χ4n) is 4.12. The van der Waals surface area contributed by atoms with Gasteiger partial charge in [0.2, 0.25) is 0 Å². The van der Waals surface area contributed by atoms with Crippen LogP contribution < -0.4 is 10.6 Å². The molecule has 10 nitrogen and oxygen atoms in total. The highest BCUT2D eigenvalue weighted by Crippen LogP contribution is 2.37. The Kier molecular flexibility index (Phi) is 15.2. The minimum atomic E-state index is -0.386. The van der Waals surface area contributed by atoms with Gasteiger partial charge < -0.3 is 51.5 Å². The molecule has 0 amide bonds. The lowest BCUT2D eigenvalue weighted by molar-refractivity contribution is 0.401. The van der Waals surface area contributed by atoms with Crippen LogP contribution in [0.1, 0.15) is 53.8 Å². The van der Waals surface area contributed by atoms with Gasteiger partial charge in [0.25, 0.3) is 0 Å². The molecule has 4 rings (SSSR count). The van der Waals surface area contributed by atoms with Gasteiger partial charge >= 0.3 is 0 Å². The van der Waals surface area contributed by atoms with Crippen molar-refractivity contribution in [2.45, 2.75) is 40.8 Å². The Balaban J connectivity index is 0.000000340. The molecule has 0 radical (unpaired) electrons. The summed E-state index contributed by atoms with van der Waals surface area (Å²) in [6, 6.07) is 11.9. The summed E-state index contributed by atoms with van der Waals surface area (Å²) in [6.45, 7) is 5.42. The van der Waals surface area contributed by atoms with E-state index >= 15 is 0 Å². The summed E-state index contributed by atoms with van der Waals surface area (Å²) in [6.07, 6.45) is 6.52. The maximum Gasteiger partial charge on any atom is 0.177 e. The number of halogens is 2. The van der Waals surface area contributed by atoms with Crippen molar-refractivity contribution in [3.63, 3.8) is 0 Å². The van der Waals surface area contributed by atoms with Gasteiger partial charge in [-0.3, -0.25) is 0 Å². The van der Waals surface area contributed by atoms with E-state index in [1.807, 2.05) is 6.92 Å². The Hall–Kier alpha value is -4.69. The molecule has 0 fully saturated rings. The van der Waals surface area contributed by atoms with E-state index < -0.39 is 0 Å². The van der Waals surface area contributed by atoms with Crippen LogP contribution in [0.15, 0.2) is 65.2 Å². The van der Waals surface area contributed by atoms with Crippen molar-refractivity contribution in [3.05, 3.63) is 104 Å². The van der Waals surface area contributed by atoms with Crippen molar-refractivity contribution < 1.29 is 40.9 Å². The largest absolute Gasteiger partial charge is 0.508 e. The topological polar surface area (TPSA) is 186 Å². The number of thiocarbonyl (C=S) groups is 2. The van der Waals surface area contributed by atoms with Crippen molar-refractivity contribution >= 4 is 74.1 Å². The zero-order valence-corrected chi connectivity index (χ0v) is 30.3. The van der Waals surface area contributed by atoms with Gasteiger partial charge in [-0.25, -0.2) is 0 Å². The molecule has 1 atom stereocenters. The molecule has 0 aromatic heterocycles. The second-order valence-corrected chi connectivity index (χ2v) is 12.8. The van der Waals surface area contributed by atoms with E-state index in [-0.39, 0.29) is 64.5 Å².